The molecular weight excluding hydrogens is 322 g/mol. The molecule has 2 bridgehead atoms. The summed E-state index contributed by atoms with van der Waals surface area (Å²) in [7, 11) is 0. The van der Waals surface area contributed by atoms with Gasteiger partial charge < -0.3 is 9.47 Å². The monoisotopic (exact) mass is 339 g/mol. The lowest BCUT2D eigenvalue weighted by atomic mass is 9.86. The van der Waals surface area contributed by atoms with E-state index in [1.54, 1.807) is 0 Å². The average molecular weight is 340 g/mol. The van der Waals surface area contributed by atoms with E-state index in [1.807, 2.05) is 24.3 Å². The molecule has 1 aromatic carbocycles. The highest BCUT2D eigenvalue weighted by atomic mass is 79.9. The fraction of sp³-hybridized carbons (Fsp3) is 0.533. The highest BCUT2D eigenvalue weighted by molar-refractivity contribution is 9.10. The molecule has 3 aliphatic heterocycles. The van der Waals surface area contributed by atoms with Crippen LogP contribution in [0.4, 0.5) is 4.79 Å². The summed E-state index contributed by atoms with van der Waals surface area (Å²) >= 11 is 3.37. The van der Waals surface area contributed by atoms with Crippen LogP contribution in [-0.4, -0.2) is 36.8 Å². The summed E-state index contributed by atoms with van der Waals surface area (Å²) in [4.78, 5) is 14.1. The van der Waals surface area contributed by atoms with E-state index >= 15 is 0 Å². The lowest BCUT2D eigenvalue weighted by Gasteiger charge is -2.43. The van der Waals surface area contributed by atoms with Crippen LogP contribution in [0.5, 0.6) is 0 Å². The van der Waals surface area contributed by atoms with E-state index < -0.39 is 6.16 Å². The minimum Gasteiger partial charge on any atom is -0.429 e. The molecule has 108 valence electrons. The second-order valence-electron chi connectivity index (χ2n) is 5.46. The first-order valence-corrected chi connectivity index (χ1v) is 7.80. The number of carbonyl (C=O) groups excluding carboxylic acids is 1. The maximum Gasteiger partial charge on any atom is 0.508 e. The second kappa shape index (κ2) is 6.14. The predicted octanol–water partition coefficient (Wildman–Crippen LogP) is 3.20. The van der Waals surface area contributed by atoms with Crippen LogP contribution in [0, 0.1) is 5.92 Å². The van der Waals surface area contributed by atoms with Crippen LogP contribution in [0.3, 0.4) is 0 Å². The molecule has 1 aromatic rings. The molecule has 3 fully saturated rings. The zero-order valence-corrected chi connectivity index (χ0v) is 12.8. The van der Waals surface area contributed by atoms with Crippen molar-refractivity contribution in [3.8, 4) is 0 Å². The van der Waals surface area contributed by atoms with Crippen molar-refractivity contribution in [1.29, 1.82) is 0 Å². The van der Waals surface area contributed by atoms with Gasteiger partial charge in [-0.1, -0.05) is 28.1 Å². The van der Waals surface area contributed by atoms with Crippen LogP contribution in [0.1, 0.15) is 18.4 Å². The van der Waals surface area contributed by atoms with E-state index in [9.17, 15) is 4.79 Å². The van der Waals surface area contributed by atoms with Gasteiger partial charge in [0.2, 0.25) is 0 Å². The molecule has 5 heteroatoms. The topological polar surface area (TPSA) is 38.8 Å². The molecule has 3 aliphatic rings. The third kappa shape index (κ3) is 3.33. The Labute approximate surface area is 127 Å². The number of rotatable bonds is 3. The van der Waals surface area contributed by atoms with Crippen molar-refractivity contribution in [2.24, 2.45) is 5.92 Å². The summed E-state index contributed by atoms with van der Waals surface area (Å²) in [6.45, 7) is 3.39. The lowest BCUT2D eigenvalue weighted by molar-refractivity contribution is -0.0599. The molecule has 1 unspecified atom stereocenters. The predicted molar refractivity (Wildman–Crippen MR) is 78.4 cm³/mol. The third-order valence-corrected chi connectivity index (χ3v) is 4.64. The van der Waals surface area contributed by atoms with Crippen LogP contribution < -0.4 is 0 Å². The van der Waals surface area contributed by atoms with Gasteiger partial charge in [-0.05, 0) is 49.5 Å². The Bertz CT molecular complexity index is 469. The Hall–Kier alpha value is -1.07. The summed E-state index contributed by atoms with van der Waals surface area (Å²) in [5.74, 6) is 0.514. The van der Waals surface area contributed by atoms with Crippen molar-refractivity contribution < 1.29 is 14.3 Å². The summed E-state index contributed by atoms with van der Waals surface area (Å²) in [6.07, 6.45) is 1.72. The van der Waals surface area contributed by atoms with E-state index in [-0.39, 0.29) is 12.7 Å². The van der Waals surface area contributed by atoms with Gasteiger partial charge in [0, 0.05) is 11.0 Å². The van der Waals surface area contributed by atoms with Gasteiger partial charge in [-0.3, -0.25) is 4.90 Å². The van der Waals surface area contributed by atoms with Crippen molar-refractivity contribution in [1.82, 2.24) is 4.90 Å². The highest BCUT2D eigenvalue weighted by Crippen LogP contribution is 2.29. The largest absolute Gasteiger partial charge is 0.508 e. The molecule has 3 saturated heterocycles. The zero-order valence-electron chi connectivity index (χ0n) is 11.3. The maximum absolute atomic E-state index is 11.8. The van der Waals surface area contributed by atoms with Crippen molar-refractivity contribution in [3.05, 3.63) is 34.3 Å². The fourth-order valence-corrected chi connectivity index (χ4v) is 3.19. The molecule has 4 rings (SSSR count). The quantitative estimate of drug-likeness (QED) is 0.792. The number of carbonyl (C=O) groups is 1. The number of fused-ring (bicyclic) bond motifs is 3. The average Bonchev–Trinajstić information content (AvgIpc) is 2.48. The van der Waals surface area contributed by atoms with E-state index in [0.717, 1.165) is 42.5 Å². The number of halogens is 1. The van der Waals surface area contributed by atoms with E-state index in [1.165, 1.54) is 0 Å². The van der Waals surface area contributed by atoms with Crippen molar-refractivity contribution in [2.45, 2.75) is 25.6 Å². The van der Waals surface area contributed by atoms with E-state index in [0.29, 0.717) is 5.92 Å². The second-order valence-corrected chi connectivity index (χ2v) is 6.38. The van der Waals surface area contributed by atoms with Crippen molar-refractivity contribution in [3.63, 3.8) is 0 Å². The van der Waals surface area contributed by atoms with Gasteiger partial charge in [0.1, 0.15) is 12.7 Å². The SMILES string of the molecule is O=C(OCc1ccc(Br)cc1)OC1CN2CCC1CC2. The normalized spacial score (nSPS) is 28.1. The van der Waals surface area contributed by atoms with Crippen molar-refractivity contribution in [2.75, 3.05) is 19.6 Å². The van der Waals surface area contributed by atoms with Crippen LogP contribution in [0.25, 0.3) is 0 Å². The molecule has 0 amide bonds. The van der Waals surface area contributed by atoms with E-state index in [4.69, 9.17) is 9.47 Å². The smallest absolute Gasteiger partial charge is 0.429 e. The van der Waals surface area contributed by atoms with Gasteiger partial charge in [-0.25, -0.2) is 4.79 Å². The number of hydrogen-bond acceptors (Lipinski definition) is 4. The Morgan fingerprint density at radius 1 is 1.25 bits per heavy atom. The van der Waals surface area contributed by atoms with Gasteiger partial charge in [0.05, 0.1) is 0 Å². The summed E-state index contributed by atoms with van der Waals surface area (Å²) in [6, 6.07) is 7.70. The standard InChI is InChI=1S/C15H18BrNO3/c16-13-3-1-11(2-4-13)10-19-15(18)20-14-9-17-7-5-12(14)6-8-17/h1-4,12,14H,5-10H2. The number of hydrogen-bond donors (Lipinski definition) is 0. The minimum atomic E-state index is -0.549. The summed E-state index contributed by atoms with van der Waals surface area (Å²) < 4.78 is 11.7. The number of ether oxygens (including phenoxy) is 2. The number of piperidine rings is 3. The first-order chi connectivity index (χ1) is 9.70. The molecule has 1 atom stereocenters. The number of benzene rings is 1. The minimum absolute atomic E-state index is 0.00918. The molecular formula is C15H18BrNO3. The molecule has 0 aliphatic carbocycles. The van der Waals surface area contributed by atoms with Crippen LogP contribution in [-0.2, 0) is 16.1 Å². The van der Waals surface area contributed by atoms with Gasteiger partial charge in [-0.2, -0.15) is 0 Å². The van der Waals surface area contributed by atoms with Crippen LogP contribution in [0.2, 0.25) is 0 Å². The Kier molecular flexibility index (Phi) is 4.27. The third-order valence-electron chi connectivity index (χ3n) is 4.11. The van der Waals surface area contributed by atoms with Gasteiger partial charge >= 0.3 is 6.16 Å². The van der Waals surface area contributed by atoms with Crippen LogP contribution in [0.15, 0.2) is 28.7 Å². The van der Waals surface area contributed by atoms with Crippen LogP contribution >= 0.6 is 15.9 Å². The Morgan fingerprint density at radius 3 is 2.55 bits per heavy atom. The van der Waals surface area contributed by atoms with E-state index in [2.05, 4.69) is 20.8 Å². The Balaban J connectivity index is 1.46. The molecule has 0 spiro atoms. The molecule has 4 nitrogen and oxygen atoms in total. The first kappa shape index (κ1) is 13.9. The summed E-state index contributed by atoms with van der Waals surface area (Å²) in [5, 5.41) is 0. The Morgan fingerprint density at radius 2 is 1.95 bits per heavy atom. The fourth-order valence-electron chi connectivity index (χ4n) is 2.92. The highest BCUT2D eigenvalue weighted by Gasteiger charge is 2.36. The molecule has 0 saturated carbocycles. The molecule has 0 radical (unpaired) electrons. The lowest BCUT2D eigenvalue weighted by Crippen LogP contribution is -2.51. The van der Waals surface area contributed by atoms with Gasteiger partial charge in [0.15, 0.2) is 0 Å². The zero-order chi connectivity index (χ0) is 13.9. The molecule has 0 N–H and O–H groups in total. The molecule has 0 aromatic heterocycles. The maximum atomic E-state index is 11.8. The van der Waals surface area contributed by atoms with Crippen molar-refractivity contribution >= 4 is 22.1 Å². The van der Waals surface area contributed by atoms with Gasteiger partial charge in [0.25, 0.3) is 0 Å². The summed E-state index contributed by atoms with van der Waals surface area (Å²) in [5.41, 5.74) is 0.957. The molecule has 20 heavy (non-hydrogen) atoms. The van der Waals surface area contributed by atoms with Gasteiger partial charge in [-0.15, -0.1) is 0 Å². The molecule has 3 heterocycles. The number of nitrogens with zero attached hydrogens (tertiary/aromatic N) is 1. The first-order valence-electron chi connectivity index (χ1n) is 7.01.